The molecule has 2 aromatic rings. The number of halogens is 1. The fraction of sp³-hybridized carbons (Fsp3) is 0.471. The molecule has 0 saturated heterocycles. The Hall–Kier alpha value is -1.64. The van der Waals surface area contributed by atoms with Crippen LogP contribution in [0.1, 0.15) is 48.7 Å². The molecule has 2 nitrogen and oxygen atoms in total. The van der Waals surface area contributed by atoms with Crippen LogP contribution in [-0.2, 0) is 0 Å². The average molecular weight is 274 g/mol. The number of furan rings is 1. The molecular formula is C17H19FO2. The number of hydrogen-bond acceptors (Lipinski definition) is 2. The van der Waals surface area contributed by atoms with Crippen molar-refractivity contribution in [2.75, 3.05) is 0 Å². The maximum atomic E-state index is 13.3. The van der Waals surface area contributed by atoms with Gasteiger partial charge in [0.2, 0.25) is 5.78 Å². The third-order valence-corrected chi connectivity index (χ3v) is 4.51. The molecule has 0 spiro atoms. The second-order valence-corrected chi connectivity index (χ2v) is 6.02. The van der Waals surface area contributed by atoms with Crippen molar-refractivity contribution in [1.82, 2.24) is 0 Å². The van der Waals surface area contributed by atoms with Crippen molar-refractivity contribution >= 4 is 16.8 Å². The Kier molecular flexibility index (Phi) is 3.36. The van der Waals surface area contributed by atoms with Crippen molar-refractivity contribution in [3.63, 3.8) is 0 Å². The first-order valence-corrected chi connectivity index (χ1v) is 7.29. The summed E-state index contributed by atoms with van der Waals surface area (Å²) in [5.41, 5.74) is 1.36. The summed E-state index contributed by atoms with van der Waals surface area (Å²) in [4.78, 5) is 12.6. The normalized spacial score (nSPS) is 23.1. The number of carbonyl (C=O) groups excluding carboxylic acids is 1. The van der Waals surface area contributed by atoms with Crippen LogP contribution in [0.5, 0.6) is 0 Å². The monoisotopic (exact) mass is 274 g/mol. The number of carbonyl (C=O) groups is 1. The molecule has 0 amide bonds. The molecule has 1 heterocycles. The van der Waals surface area contributed by atoms with Crippen LogP contribution in [0, 0.1) is 24.6 Å². The predicted octanol–water partition coefficient (Wildman–Crippen LogP) is 4.89. The van der Waals surface area contributed by atoms with Crippen LogP contribution in [0.3, 0.4) is 0 Å². The highest BCUT2D eigenvalue weighted by molar-refractivity contribution is 6.01. The van der Waals surface area contributed by atoms with Gasteiger partial charge in [-0.2, -0.15) is 0 Å². The van der Waals surface area contributed by atoms with E-state index < -0.39 is 0 Å². The van der Waals surface area contributed by atoms with Crippen molar-refractivity contribution in [1.29, 1.82) is 0 Å². The van der Waals surface area contributed by atoms with E-state index in [-0.39, 0.29) is 17.5 Å². The van der Waals surface area contributed by atoms with Crippen LogP contribution in [0.25, 0.3) is 11.0 Å². The summed E-state index contributed by atoms with van der Waals surface area (Å²) in [5, 5.41) is 0.706. The average Bonchev–Trinajstić information content (AvgIpc) is 2.76. The van der Waals surface area contributed by atoms with E-state index in [4.69, 9.17) is 4.42 Å². The summed E-state index contributed by atoms with van der Waals surface area (Å²) >= 11 is 0. The van der Waals surface area contributed by atoms with E-state index in [9.17, 15) is 9.18 Å². The Morgan fingerprint density at radius 1 is 1.25 bits per heavy atom. The summed E-state index contributed by atoms with van der Waals surface area (Å²) in [7, 11) is 0. The number of hydrogen-bond donors (Lipinski definition) is 0. The summed E-state index contributed by atoms with van der Waals surface area (Å²) in [6.07, 6.45) is 4.07. The molecule has 106 valence electrons. The Morgan fingerprint density at radius 3 is 2.65 bits per heavy atom. The maximum Gasteiger partial charge on any atom is 0.201 e. The van der Waals surface area contributed by atoms with Gasteiger partial charge in [0.25, 0.3) is 0 Å². The van der Waals surface area contributed by atoms with Gasteiger partial charge in [-0.1, -0.05) is 19.8 Å². The van der Waals surface area contributed by atoms with E-state index in [0.717, 1.165) is 31.2 Å². The zero-order valence-corrected chi connectivity index (χ0v) is 11.9. The highest BCUT2D eigenvalue weighted by Crippen LogP contribution is 2.34. The first kappa shape index (κ1) is 13.3. The molecule has 1 aromatic carbocycles. The third-order valence-electron chi connectivity index (χ3n) is 4.51. The number of Topliss-reactive ketones (excluding diaryl/α,β-unsaturated/α-hetero) is 1. The molecule has 0 bridgehead atoms. The van der Waals surface area contributed by atoms with Crippen molar-refractivity contribution in [2.45, 2.75) is 39.5 Å². The second kappa shape index (κ2) is 5.04. The highest BCUT2D eigenvalue weighted by Gasteiger charge is 2.29. The number of benzene rings is 1. The molecule has 0 atom stereocenters. The molecule has 0 aliphatic heterocycles. The smallest absolute Gasteiger partial charge is 0.201 e. The number of rotatable bonds is 2. The first-order valence-electron chi connectivity index (χ1n) is 7.29. The van der Waals surface area contributed by atoms with E-state index in [0.29, 0.717) is 22.6 Å². The Morgan fingerprint density at radius 2 is 1.95 bits per heavy atom. The van der Waals surface area contributed by atoms with Gasteiger partial charge in [0, 0.05) is 16.9 Å². The molecule has 0 N–H and O–H groups in total. The minimum absolute atomic E-state index is 0.0651. The topological polar surface area (TPSA) is 30.2 Å². The van der Waals surface area contributed by atoms with Crippen molar-refractivity contribution in [3.8, 4) is 0 Å². The standard InChI is InChI=1S/C17H19FO2/c1-10-3-5-12(6-4-10)16(19)17-11(2)14-9-13(18)7-8-15(14)20-17/h7-10,12H,3-6H2,1-2H3. The number of aryl methyl sites for hydroxylation is 1. The van der Waals surface area contributed by atoms with Crippen LogP contribution in [-0.4, -0.2) is 5.78 Å². The van der Waals surface area contributed by atoms with Gasteiger partial charge >= 0.3 is 0 Å². The number of ketones is 1. The molecule has 3 heteroatoms. The fourth-order valence-corrected chi connectivity index (χ4v) is 3.14. The van der Waals surface area contributed by atoms with Crippen LogP contribution >= 0.6 is 0 Å². The minimum atomic E-state index is -0.299. The van der Waals surface area contributed by atoms with Gasteiger partial charge in [-0.15, -0.1) is 0 Å². The lowest BCUT2D eigenvalue weighted by Gasteiger charge is -2.24. The fourth-order valence-electron chi connectivity index (χ4n) is 3.14. The molecule has 0 unspecified atom stereocenters. The van der Waals surface area contributed by atoms with E-state index in [1.54, 1.807) is 6.07 Å². The lowest BCUT2D eigenvalue weighted by Crippen LogP contribution is -2.21. The summed E-state index contributed by atoms with van der Waals surface area (Å²) in [5.74, 6) is 0.989. The lowest BCUT2D eigenvalue weighted by atomic mass is 9.80. The minimum Gasteiger partial charge on any atom is -0.453 e. The largest absolute Gasteiger partial charge is 0.453 e. The highest BCUT2D eigenvalue weighted by atomic mass is 19.1. The van der Waals surface area contributed by atoms with Crippen molar-refractivity contribution in [3.05, 3.63) is 35.3 Å². The van der Waals surface area contributed by atoms with E-state index in [1.807, 2.05) is 6.92 Å². The molecule has 20 heavy (non-hydrogen) atoms. The Balaban J connectivity index is 1.93. The van der Waals surface area contributed by atoms with Crippen LogP contribution in [0.15, 0.2) is 22.6 Å². The van der Waals surface area contributed by atoms with E-state index in [2.05, 4.69) is 6.92 Å². The van der Waals surface area contributed by atoms with Gasteiger partial charge in [-0.05, 0) is 43.9 Å². The molecule has 1 fully saturated rings. The third kappa shape index (κ3) is 2.26. The second-order valence-electron chi connectivity index (χ2n) is 6.02. The zero-order chi connectivity index (χ0) is 14.3. The predicted molar refractivity (Wildman–Crippen MR) is 76.4 cm³/mol. The van der Waals surface area contributed by atoms with Gasteiger partial charge in [-0.25, -0.2) is 4.39 Å². The SMILES string of the molecule is Cc1c(C(=O)C2CCC(C)CC2)oc2ccc(F)cc12. The summed E-state index contributed by atoms with van der Waals surface area (Å²) < 4.78 is 19.0. The van der Waals surface area contributed by atoms with Crippen LogP contribution in [0.2, 0.25) is 0 Å². The molecule has 1 aliphatic carbocycles. The maximum absolute atomic E-state index is 13.3. The molecule has 1 saturated carbocycles. The summed E-state index contributed by atoms with van der Waals surface area (Å²) in [6.45, 7) is 4.07. The quantitative estimate of drug-likeness (QED) is 0.730. The lowest BCUT2D eigenvalue weighted by molar-refractivity contribution is 0.0848. The first-order chi connectivity index (χ1) is 9.56. The Labute approximate surface area is 118 Å². The zero-order valence-electron chi connectivity index (χ0n) is 11.9. The van der Waals surface area contributed by atoms with Gasteiger partial charge in [0.15, 0.2) is 5.76 Å². The Bertz CT molecular complexity index is 648. The molecular weight excluding hydrogens is 255 g/mol. The van der Waals surface area contributed by atoms with Crippen molar-refractivity contribution < 1.29 is 13.6 Å². The van der Waals surface area contributed by atoms with E-state index in [1.165, 1.54) is 12.1 Å². The van der Waals surface area contributed by atoms with Crippen LogP contribution in [0.4, 0.5) is 4.39 Å². The van der Waals surface area contributed by atoms with Crippen LogP contribution < -0.4 is 0 Å². The van der Waals surface area contributed by atoms with Gasteiger partial charge in [-0.3, -0.25) is 4.79 Å². The molecule has 0 radical (unpaired) electrons. The van der Waals surface area contributed by atoms with Gasteiger partial charge < -0.3 is 4.42 Å². The van der Waals surface area contributed by atoms with Gasteiger partial charge in [0.1, 0.15) is 11.4 Å². The number of fused-ring (bicyclic) bond motifs is 1. The molecule has 3 rings (SSSR count). The van der Waals surface area contributed by atoms with Crippen molar-refractivity contribution in [2.24, 2.45) is 11.8 Å². The summed E-state index contributed by atoms with van der Waals surface area (Å²) in [6, 6.07) is 4.40. The molecule has 1 aromatic heterocycles. The van der Waals surface area contributed by atoms with E-state index >= 15 is 0 Å². The molecule has 1 aliphatic rings. The van der Waals surface area contributed by atoms with Gasteiger partial charge in [0.05, 0.1) is 0 Å².